The quantitative estimate of drug-likeness (QED) is 0.494. The van der Waals surface area contributed by atoms with Gasteiger partial charge in [0.05, 0.1) is 15.9 Å². The summed E-state index contributed by atoms with van der Waals surface area (Å²) >= 11 is 1.69. The lowest BCUT2D eigenvalue weighted by atomic mass is 10.2. The first-order valence-electron chi connectivity index (χ1n) is 10.1. The van der Waals surface area contributed by atoms with Crippen molar-refractivity contribution in [1.82, 2.24) is 14.5 Å². The number of benzene rings is 2. The van der Waals surface area contributed by atoms with Gasteiger partial charge in [0.2, 0.25) is 15.9 Å². The van der Waals surface area contributed by atoms with E-state index < -0.39 is 10.0 Å². The number of hydrogen-bond donors (Lipinski definition) is 1. The van der Waals surface area contributed by atoms with Crippen molar-refractivity contribution in [1.29, 1.82) is 0 Å². The van der Waals surface area contributed by atoms with Crippen molar-refractivity contribution in [2.75, 3.05) is 13.3 Å². The molecule has 0 bridgehead atoms. The van der Waals surface area contributed by atoms with Crippen LogP contribution in [0.2, 0.25) is 0 Å². The molecule has 0 aliphatic carbocycles. The minimum atomic E-state index is -3.79. The number of sulfonamides is 1. The molecule has 9 heteroatoms. The molecule has 0 unspecified atom stereocenters. The van der Waals surface area contributed by atoms with E-state index in [-0.39, 0.29) is 10.8 Å². The summed E-state index contributed by atoms with van der Waals surface area (Å²) < 4.78 is 25.4. The number of thioether (sulfide) groups is 1. The van der Waals surface area contributed by atoms with E-state index in [1.165, 1.54) is 17.0 Å². The first kappa shape index (κ1) is 23.3. The van der Waals surface area contributed by atoms with Gasteiger partial charge in [0.1, 0.15) is 5.82 Å². The Labute approximate surface area is 187 Å². The fourth-order valence-corrected chi connectivity index (χ4v) is 4.44. The summed E-state index contributed by atoms with van der Waals surface area (Å²) in [5.41, 5.74) is 2.51. The van der Waals surface area contributed by atoms with E-state index in [1.807, 2.05) is 18.4 Å². The molecule has 0 aliphatic rings. The van der Waals surface area contributed by atoms with E-state index in [9.17, 15) is 13.2 Å². The zero-order valence-corrected chi connectivity index (χ0v) is 19.7. The van der Waals surface area contributed by atoms with Crippen molar-refractivity contribution in [2.45, 2.75) is 49.1 Å². The number of nitrogens with two attached hydrogens (primary N) is 1. The number of imidazole rings is 1. The van der Waals surface area contributed by atoms with E-state index in [1.54, 1.807) is 29.8 Å². The van der Waals surface area contributed by atoms with Crippen LogP contribution in [0, 0.1) is 0 Å². The summed E-state index contributed by atoms with van der Waals surface area (Å²) in [5, 5.41) is 5.25. The molecule has 0 radical (unpaired) electrons. The summed E-state index contributed by atoms with van der Waals surface area (Å²) in [6, 6.07) is 12.9. The Bertz CT molecular complexity index is 1170. The number of carbonyl (C=O) groups is 1. The van der Waals surface area contributed by atoms with Crippen molar-refractivity contribution in [3.05, 3.63) is 53.9 Å². The topological polar surface area (TPSA) is 98.3 Å². The van der Waals surface area contributed by atoms with Gasteiger partial charge < -0.3 is 9.47 Å². The standard InChI is InChI=1S/C22H28N4O3S2/c1-4-13-26-20-10-9-18(31(23,28)29)14-19(20)24-21(26)11-12-22(27)25(2)15-16-5-7-17(30-3)8-6-16/h5-10,14H,4,11-13,15H2,1-3H3,(H2,23,28,29). The number of hydrogen-bond acceptors (Lipinski definition) is 5. The molecular formula is C22H28N4O3S2. The lowest BCUT2D eigenvalue weighted by molar-refractivity contribution is -0.130. The maximum atomic E-state index is 12.7. The molecule has 31 heavy (non-hydrogen) atoms. The minimum absolute atomic E-state index is 0.0364. The molecule has 3 rings (SSSR count). The number of nitrogens with zero attached hydrogens (tertiary/aromatic N) is 3. The van der Waals surface area contributed by atoms with Crippen LogP contribution in [0.25, 0.3) is 11.0 Å². The van der Waals surface area contributed by atoms with Gasteiger partial charge in [-0.3, -0.25) is 4.79 Å². The molecule has 2 N–H and O–H groups in total. The second kappa shape index (κ2) is 9.84. The molecule has 1 heterocycles. The van der Waals surface area contributed by atoms with E-state index in [2.05, 4.69) is 28.6 Å². The zero-order chi connectivity index (χ0) is 22.6. The highest BCUT2D eigenvalue weighted by Gasteiger charge is 2.16. The van der Waals surface area contributed by atoms with Crippen molar-refractivity contribution < 1.29 is 13.2 Å². The van der Waals surface area contributed by atoms with Gasteiger partial charge in [-0.15, -0.1) is 11.8 Å². The van der Waals surface area contributed by atoms with E-state index in [0.717, 1.165) is 29.9 Å². The lowest BCUT2D eigenvalue weighted by Crippen LogP contribution is -2.26. The van der Waals surface area contributed by atoms with Crippen LogP contribution in [-0.4, -0.2) is 42.1 Å². The molecule has 0 aliphatic heterocycles. The van der Waals surface area contributed by atoms with Crippen LogP contribution >= 0.6 is 11.8 Å². The van der Waals surface area contributed by atoms with E-state index in [0.29, 0.717) is 24.9 Å². The number of aromatic nitrogens is 2. The molecule has 2 aromatic carbocycles. The van der Waals surface area contributed by atoms with E-state index >= 15 is 0 Å². The smallest absolute Gasteiger partial charge is 0.238 e. The Morgan fingerprint density at radius 3 is 2.52 bits per heavy atom. The van der Waals surface area contributed by atoms with Crippen molar-refractivity contribution in [2.24, 2.45) is 5.14 Å². The number of amides is 1. The van der Waals surface area contributed by atoms with Crippen molar-refractivity contribution in [3.8, 4) is 0 Å². The van der Waals surface area contributed by atoms with Gasteiger partial charge >= 0.3 is 0 Å². The summed E-state index contributed by atoms with van der Waals surface area (Å²) in [7, 11) is -1.99. The fourth-order valence-electron chi connectivity index (χ4n) is 3.50. The number of fused-ring (bicyclic) bond motifs is 1. The average Bonchev–Trinajstić information content (AvgIpc) is 3.09. The Morgan fingerprint density at radius 2 is 1.90 bits per heavy atom. The largest absolute Gasteiger partial charge is 0.341 e. The molecule has 1 amide bonds. The van der Waals surface area contributed by atoms with Crippen molar-refractivity contribution >= 4 is 38.7 Å². The number of carbonyl (C=O) groups excluding carboxylic acids is 1. The maximum absolute atomic E-state index is 12.7. The highest BCUT2D eigenvalue weighted by molar-refractivity contribution is 7.98. The monoisotopic (exact) mass is 460 g/mol. The van der Waals surface area contributed by atoms with Crippen LogP contribution in [-0.2, 0) is 34.3 Å². The summed E-state index contributed by atoms with van der Waals surface area (Å²) in [6.45, 7) is 3.36. The molecule has 0 spiro atoms. The molecule has 0 saturated carbocycles. The molecule has 7 nitrogen and oxygen atoms in total. The van der Waals surface area contributed by atoms with Gasteiger partial charge in [-0.1, -0.05) is 19.1 Å². The van der Waals surface area contributed by atoms with Crippen molar-refractivity contribution in [3.63, 3.8) is 0 Å². The van der Waals surface area contributed by atoms with Gasteiger partial charge in [-0.05, 0) is 48.6 Å². The first-order chi connectivity index (χ1) is 14.7. The Hall–Kier alpha value is -2.36. The third-order valence-electron chi connectivity index (χ3n) is 5.14. The second-order valence-corrected chi connectivity index (χ2v) is 9.91. The normalized spacial score (nSPS) is 11.7. The van der Waals surface area contributed by atoms with Crippen LogP contribution in [0.15, 0.2) is 52.3 Å². The number of aryl methyl sites for hydroxylation is 2. The Kier molecular flexibility index (Phi) is 7.40. The first-order valence-corrected chi connectivity index (χ1v) is 12.9. The molecule has 166 valence electrons. The Morgan fingerprint density at radius 1 is 1.19 bits per heavy atom. The average molecular weight is 461 g/mol. The third-order valence-corrected chi connectivity index (χ3v) is 6.80. The lowest BCUT2D eigenvalue weighted by Gasteiger charge is -2.17. The number of rotatable bonds is 9. The minimum Gasteiger partial charge on any atom is -0.341 e. The molecule has 0 saturated heterocycles. The maximum Gasteiger partial charge on any atom is 0.238 e. The van der Waals surface area contributed by atoms with Crippen LogP contribution in [0.1, 0.15) is 31.2 Å². The van der Waals surface area contributed by atoms with Gasteiger partial charge in [-0.2, -0.15) is 0 Å². The summed E-state index contributed by atoms with van der Waals surface area (Å²) in [6.07, 6.45) is 3.74. The molecular weight excluding hydrogens is 432 g/mol. The highest BCUT2D eigenvalue weighted by Crippen LogP contribution is 2.22. The Balaban J connectivity index is 1.73. The SMILES string of the molecule is CCCn1c(CCC(=O)N(C)Cc2ccc(SC)cc2)nc2cc(S(N)(=O)=O)ccc21. The van der Waals surface area contributed by atoms with Gasteiger partial charge in [0, 0.05) is 37.9 Å². The summed E-state index contributed by atoms with van der Waals surface area (Å²) in [5.74, 6) is 0.809. The summed E-state index contributed by atoms with van der Waals surface area (Å²) in [4.78, 5) is 20.3. The van der Waals surface area contributed by atoms with E-state index in [4.69, 9.17) is 5.14 Å². The van der Waals surface area contributed by atoms with Crippen LogP contribution in [0.4, 0.5) is 0 Å². The van der Waals surface area contributed by atoms with Crippen LogP contribution in [0.5, 0.6) is 0 Å². The second-order valence-electron chi connectivity index (χ2n) is 7.47. The highest BCUT2D eigenvalue weighted by atomic mass is 32.2. The number of primary sulfonamides is 1. The van der Waals surface area contributed by atoms with Gasteiger partial charge in [0.25, 0.3) is 0 Å². The van der Waals surface area contributed by atoms with Gasteiger partial charge in [0.15, 0.2) is 0 Å². The predicted molar refractivity (Wildman–Crippen MR) is 124 cm³/mol. The van der Waals surface area contributed by atoms with Crippen LogP contribution < -0.4 is 5.14 Å². The zero-order valence-electron chi connectivity index (χ0n) is 18.0. The third kappa shape index (κ3) is 5.66. The molecule has 3 aromatic rings. The predicted octanol–water partition coefficient (Wildman–Crippen LogP) is 3.41. The van der Waals surface area contributed by atoms with Crippen LogP contribution in [0.3, 0.4) is 0 Å². The molecule has 1 aromatic heterocycles. The van der Waals surface area contributed by atoms with Gasteiger partial charge in [-0.25, -0.2) is 18.5 Å². The molecule has 0 fully saturated rings. The fraction of sp³-hybridized carbons (Fsp3) is 0.364. The molecule has 0 atom stereocenters.